The van der Waals surface area contributed by atoms with Crippen molar-refractivity contribution in [3.05, 3.63) is 42.7 Å². The normalized spacial score (nSPS) is 11.1. The maximum atomic E-state index is 4.38. The summed E-state index contributed by atoms with van der Waals surface area (Å²) < 4.78 is 1.63. The van der Waals surface area contributed by atoms with Gasteiger partial charge in [-0.15, -0.1) is 16.4 Å². The van der Waals surface area contributed by atoms with Crippen molar-refractivity contribution in [1.29, 1.82) is 0 Å². The van der Waals surface area contributed by atoms with E-state index in [1.165, 1.54) is 22.2 Å². The van der Waals surface area contributed by atoms with Gasteiger partial charge in [-0.3, -0.25) is 0 Å². The van der Waals surface area contributed by atoms with E-state index in [0.717, 1.165) is 15.2 Å². The highest BCUT2D eigenvalue weighted by Gasteiger charge is 2.13. The summed E-state index contributed by atoms with van der Waals surface area (Å²) in [7, 11) is 1.81. The van der Waals surface area contributed by atoms with E-state index >= 15 is 0 Å². The molecule has 0 aliphatic rings. The van der Waals surface area contributed by atoms with Crippen LogP contribution in [0.4, 0.5) is 0 Å². The third-order valence-electron chi connectivity index (χ3n) is 3.12. The molecule has 0 radical (unpaired) electrons. The van der Waals surface area contributed by atoms with Gasteiger partial charge in [-0.05, 0) is 33.8 Å². The van der Waals surface area contributed by atoms with Crippen molar-refractivity contribution in [3.8, 4) is 10.4 Å². The van der Waals surface area contributed by atoms with Gasteiger partial charge in [-0.1, -0.05) is 30.3 Å². The van der Waals surface area contributed by atoms with Gasteiger partial charge in [-0.25, -0.2) is 14.6 Å². The molecule has 1 aromatic carbocycles. The van der Waals surface area contributed by atoms with Gasteiger partial charge < -0.3 is 0 Å². The Morgan fingerprint density at radius 3 is 2.77 bits per heavy atom. The molecule has 108 valence electrons. The molecule has 8 heteroatoms. The maximum Gasteiger partial charge on any atom is 0.215 e. The molecule has 3 heterocycles. The molecular weight excluding hydrogens is 316 g/mol. The number of benzene rings is 1. The molecule has 22 heavy (non-hydrogen) atoms. The van der Waals surface area contributed by atoms with Gasteiger partial charge in [0.15, 0.2) is 0 Å². The predicted octanol–water partition coefficient (Wildman–Crippen LogP) is 3.03. The Balaban J connectivity index is 1.80. The van der Waals surface area contributed by atoms with Crippen molar-refractivity contribution in [3.63, 3.8) is 0 Å². The van der Waals surface area contributed by atoms with Crippen LogP contribution in [-0.2, 0) is 7.05 Å². The number of rotatable bonds is 3. The van der Waals surface area contributed by atoms with Crippen LogP contribution in [0, 0.1) is 0 Å². The van der Waals surface area contributed by atoms with Crippen molar-refractivity contribution in [1.82, 2.24) is 30.2 Å². The minimum Gasteiger partial charge on any atom is -0.229 e. The summed E-state index contributed by atoms with van der Waals surface area (Å²) in [6, 6.07) is 12.4. The summed E-state index contributed by atoms with van der Waals surface area (Å²) in [5.41, 5.74) is 1.18. The van der Waals surface area contributed by atoms with Crippen LogP contribution in [0.15, 0.2) is 52.9 Å². The van der Waals surface area contributed by atoms with Crippen molar-refractivity contribution >= 4 is 33.3 Å². The van der Waals surface area contributed by atoms with Gasteiger partial charge in [0.2, 0.25) is 5.16 Å². The fraction of sp³-hybridized carbons (Fsp3) is 0.0714. The molecule has 3 aromatic heterocycles. The fourth-order valence-electron chi connectivity index (χ4n) is 2.05. The van der Waals surface area contributed by atoms with E-state index in [4.69, 9.17) is 0 Å². The van der Waals surface area contributed by atoms with Gasteiger partial charge in [0, 0.05) is 17.3 Å². The van der Waals surface area contributed by atoms with E-state index in [1.54, 1.807) is 22.3 Å². The minimum absolute atomic E-state index is 0.701. The van der Waals surface area contributed by atoms with E-state index < -0.39 is 0 Å². The number of thiophene rings is 1. The first kappa shape index (κ1) is 13.4. The van der Waals surface area contributed by atoms with Crippen molar-refractivity contribution in [2.45, 2.75) is 10.2 Å². The molecular formula is C14H10N6S2. The number of aromatic nitrogens is 6. The fourth-order valence-corrected chi connectivity index (χ4v) is 3.91. The smallest absolute Gasteiger partial charge is 0.215 e. The maximum absolute atomic E-state index is 4.38. The predicted molar refractivity (Wildman–Crippen MR) is 85.8 cm³/mol. The first-order valence-electron chi connectivity index (χ1n) is 6.51. The molecule has 0 unspecified atom stereocenters. The van der Waals surface area contributed by atoms with Gasteiger partial charge >= 0.3 is 0 Å². The second-order valence-electron chi connectivity index (χ2n) is 4.56. The minimum atomic E-state index is 0.701. The SMILES string of the molecule is Cn1nnnc1Sc1ncnc2sc(-c3ccccc3)cc12. The summed E-state index contributed by atoms with van der Waals surface area (Å²) in [5.74, 6) is 0. The van der Waals surface area contributed by atoms with E-state index in [1.807, 2.05) is 25.2 Å². The summed E-state index contributed by atoms with van der Waals surface area (Å²) >= 11 is 3.10. The van der Waals surface area contributed by atoms with Gasteiger partial charge in [0.1, 0.15) is 16.2 Å². The molecule has 6 nitrogen and oxygen atoms in total. The number of tetrazole rings is 1. The van der Waals surface area contributed by atoms with Crippen LogP contribution in [0.1, 0.15) is 0 Å². The van der Waals surface area contributed by atoms with Crippen LogP contribution < -0.4 is 0 Å². The largest absolute Gasteiger partial charge is 0.229 e. The average molecular weight is 326 g/mol. The van der Waals surface area contributed by atoms with Crippen molar-refractivity contribution < 1.29 is 0 Å². The van der Waals surface area contributed by atoms with Crippen LogP contribution in [0.2, 0.25) is 0 Å². The summed E-state index contributed by atoms with van der Waals surface area (Å²) in [6.07, 6.45) is 1.58. The number of fused-ring (bicyclic) bond motifs is 1. The van der Waals surface area contributed by atoms with Gasteiger partial charge in [0.05, 0.1) is 0 Å². The highest BCUT2D eigenvalue weighted by atomic mass is 32.2. The highest BCUT2D eigenvalue weighted by Crippen LogP contribution is 2.37. The Hall–Kier alpha value is -2.32. The Morgan fingerprint density at radius 1 is 1.14 bits per heavy atom. The van der Waals surface area contributed by atoms with E-state index in [9.17, 15) is 0 Å². The lowest BCUT2D eigenvalue weighted by Gasteiger charge is -1.99. The first-order valence-corrected chi connectivity index (χ1v) is 8.15. The zero-order chi connectivity index (χ0) is 14.9. The second kappa shape index (κ2) is 5.47. The molecule has 0 saturated carbocycles. The summed E-state index contributed by atoms with van der Waals surface area (Å²) in [5, 5.41) is 14.1. The van der Waals surface area contributed by atoms with Crippen molar-refractivity contribution in [2.75, 3.05) is 0 Å². The molecule has 4 aromatic rings. The molecule has 0 aliphatic heterocycles. The lowest BCUT2D eigenvalue weighted by atomic mass is 10.2. The van der Waals surface area contributed by atoms with Crippen LogP contribution in [0.3, 0.4) is 0 Å². The molecule has 0 fully saturated rings. The first-order chi connectivity index (χ1) is 10.8. The highest BCUT2D eigenvalue weighted by molar-refractivity contribution is 7.99. The van der Waals surface area contributed by atoms with Gasteiger partial charge in [-0.2, -0.15) is 0 Å². The molecule has 4 rings (SSSR count). The average Bonchev–Trinajstić information content (AvgIpc) is 3.16. The van der Waals surface area contributed by atoms with E-state index in [-0.39, 0.29) is 0 Å². The van der Waals surface area contributed by atoms with Gasteiger partial charge in [0.25, 0.3) is 0 Å². The monoisotopic (exact) mass is 326 g/mol. The third kappa shape index (κ3) is 2.36. The zero-order valence-electron chi connectivity index (χ0n) is 11.5. The second-order valence-corrected chi connectivity index (χ2v) is 6.55. The Kier molecular flexibility index (Phi) is 3.32. The molecule has 0 saturated heterocycles. The number of aryl methyl sites for hydroxylation is 1. The zero-order valence-corrected chi connectivity index (χ0v) is 13.2. The number of nitrogens with zero attached hydrogens (tertiary/aromatic N) is 6. The summed E-state index contributed by atoms with van der Waals surface area (Å²) in [6.45, 7) is 0. The molecule has 0 N–H and O–H groups in total. The lowest BCUT2D eigenvalue weighted by molar-refractivity contribution is 0.664. The molecule has 0 spiro atoms. The molecule has 0 aliphatic carbocycles. The number of hydrogen-bond donors (Lipinski definition) is 0. The lowest BCUT2D eigenvalue weighted by Crippen LogP contribution is -1.93. The van der Waals surface area contributed by atoms with E-state index in [0.29, 0.717) is 5.16 Å². The Labute approximate surface area is 134 Å². The summed E-state index contributed by atoms with van der Waals surface area (Å²) in [4.78, 5) is 10.9. The van der Waals surface area contributed by atoms with Crippen LogP contribution in [0.5, 0.6) is 0 Å². The van der Waals surface area contributed by atoms with Crippen molar-refractivity contribution in [2.24, 2.45) is 7.05 Å². The molecule has 0 amide bonds. The van der Waals surface area contributed by atoms with Crippen LogP contribution >= 0.6 is 23.1 Å². The molecule has 0 bridgehead atoms. The Bertz CT molecular complexity index is 931. The topological polar surface area (TPSA) is 69.4 Å². The Morgan fingerprint density at radius 2 is 2.00 bits per heavy atom. The quantitative estimate of drug-likeness (QED) is 0.539. The van der Waals surface area contributed by atoms with Crippen LogP contribution in [-0.4, -0.2) is 30.2 Å². The van der Waals surface area contributed by atoms with Crippen LogP contribution in [0.25, 0.3) is 20.7 Å². The molecule has 0 atom stereocenters. The number of hydrogen-bond acceptors (Lipinski definition) is 7. The van der Waals surface area contributed by atoms with E-state index in [2.05, 4.69) is 43.7 Å². The third-order valence-corrected chi connectivity index (χ3v) is 5.26. The standard InChI is InChI=1S/C14H10N6S2/c1-20-14(17-18-19-20)22-13-10-7-11(9-5-3-2-4-6-9)21-12(10)15-8-16-13/h2-8H,1H3.